The van der Waals surface area contributed by atoms with Crippen LogP contribution in [0.1, 0.15) is 74.6 Å². The standard InChI is InChI=1S/C41H45N3O3/c1-3-11-35(39(42)45)36(25-28-12-4-5-13-28)40(46)43-38-34-18-7-6-16-32(34)33-17-8-9-19-37(33)44(41(38)47)26-29-14-10-15-31(24-29)30-22-20-27(2)21-23-30/h6-10,14-24,28,35-36,38H,3-5,11-13,25-26H2,1-2H3,(H2,42,45)(H,43,46). The molecule has 1 heterocycles. The van der Waals surface area contributed by atoms with Gasteiger partial charge in [-0.25, -0.2) is 0 Å². The lowest BCUT2D eigenvalue weighted by atomic mass is 9.80. The molecular weight excluding hydrogens is 582 g/mol. The molecule has 4 aromatic carbocycles. The summed E-state index contributed by atoms with van der Waals surface area (Å²) in [6.07, 6.45) is 6.29. The van der Waals surface area contributed by atoms with Crippen LogP contribution in [0, 0.1) is 24.7 Å². The zero-order chi connectivity index (χ0) is 32.9. The van der Waals surface area contributed by atoms with Crippen molar-refractivity contribution in [2.75, 3.05) is 4.90 Å². The fourth-order valence-corrected chi connectivity index (χ4v) is 7.58. The molecule has 0 spiro atoms. The first-order valence-electron chi connectivity index (χ1n) is 17.1. The Balaban J connectivity index is 1.38. The van der Waals surface area contributed by atoms with Crippen LogP contribution in [0.25, 0.3) is 22.3 Å². The second-order valence-corrected chi connectivity index (χ2v) is 13.3. The molecule has 0 bridgehead atoms. The summed E-state index contributed by atoms with van der Waals surface area (Å²) < 4.78 is 0. The number of nitrogens with one attached hydrogen (secondary N) is 1. The summed E-state index contributed by atoms with van der Waals surface area (Å²) in [6, 6.07) is 31.6. The maximum atomic E-state index is 14.8. The molecule has 3 unspecified atom stereocenters. The van der Waals surface area contributed by atoms with Crippen LogP contribution in [0.3, 0.4) is 0 Å². The van der Waals surface area contributed by atoms with Crippen molar-refractivity contribution in [1.82, 2.24) is 5.32 Å². The number of amides is 3. The third kappa shape index (κ3) is 7.02. The highest BCUT2D eigenvalue weighted by Gasteiger charge is 2.39. The number of benzene rings is 4. The first-order chi connectivity index (χ1) is 22.8. The second-order valence-electron chi connectivity index (χ2n) is 13.3. The van der Waals surface area contributed by atoms with Crippen LogP contribution in [0.5, 0.6) is 0 Å². The van der Waals surface area contributed by atoms with Crippen molar-refractivity contribution in [1.29, 1.82) is 0 Å². The van der Waals surface area contributed by atoms with Crippen LogP contribution < -0.4 is 16.0 Å². The number of anilines is 1. The minimum Gasteiger partial charge on any atom is -0.369 e. The lowest BCUT2D eigenvalue weighted by Crippen LogP contribution is -2.47. The summed E-state index contributed by atoms with van der Waals surface area (Å²) in [5, 5.41) is 3.19. The first kappa shape index (κ1) is 32.2. The third-order valence-corrected chi connectivity index (χ3v) is 10.1. The number of rotatable bonds is 11. The predicted molar refractivity (Wildman–Crippen MR) is 188 cm³/mol. The van der Waals surface area contributed by atoms with Gasteiger partial charge in [0.25, 0.3) is 5.91 Å². The molecule has 0 saturated heterocycles. The molecule has 4 aromatic rings. The fourth-order valence-electron chi connectivity index (χ4n) is 7.58. The molecule has 6 rings (SSSR count). The number of nitrogens with two attached hydrogens (primary N) is 1. The fraction of sp³-hybridized carbons (Fsp3) is 0.341. The molecule has 2 aliphatic rings. The van der Waals surface area contributed by atoms with Crippen LogP contribution >= 0.6 is 0 Å². The molecule has 3 atom stereocenters. The maximum absolute atomic E-state index is 14.8. The van der Waals surface area contributed by atoms with Crippen LogP contribution in [-0.4, -0.2) is 17.7 Å². The minimum absolute atomic E-state index is 0.206. The summed E-state index contributed by atoms with van der Waals surface area (Å²) in [4.78, 5) is 43.7. The molecule has 47 heavy (non-hydrogen) atoms. The minimum atomic E-state index is -0.924. The van der Waals surface area contributed by atoms with Crippen LogP contribution in [0.4, 0.5) is 5.69 Å². The zero-order valence-electron chi connectivity index (χ0n) is 27.5. The van der Waals surface area contributed by atoms with Crippen LogP contribution in [0.2, 0.25) is 0 Å². The van der Waals surface area contributed by atoms with Crippen molar-refractivity contribution in [2.45, 2.75) is 71.4 Å². The normalized spacial score (nSPS) is 17.4. The summed E-state index contributed by atoms with van der Waals surface area (Å²) in [6.45, 7) is 4.42. The molecular formula is C41H45N3O3. The molecule has 3 amide bonds. The Hall–Kier alpha value is -4.71. The van der Waals surface area contributed by atoms with E-state index in [0.717, 1.165) is 71.2 Å². The van der Waals surface area contributed by atoms with E-state index in [1.54, 1.807) is 4.90 Å². The highest BCUT2D eigenvalue weighted by molar-refractivity contribution is 6.06. The Morgan fingerprint density at radius 1 is 0.851 bits per heavy atom. The lowest BCUT2D eigenvalue weighted by Gasteiger charge is -2.30. The molecule has 3 N–H and O–H groups in total. The Bertz CT molecular complexity index is 1740. The van der Waals surface area contributed by atoms with Gasteiger partial charge in [0, 0.05) is 17.4 Å². The van der Waals surface area contributed by atoms with E-state index in [4.69, 9.17) is 5.73 Å². The van der Waals surface area contributed by atoms with Gasteiger partial charge < -0.3 is 16.0 Å². The summed E-state index contributed by atoms with van der Waals surface area (Å²) in [5.74, 6) is -1.70. The number of fused-ring (bicyclic) bond motifs is 3. The van der Waals surface area contributed by atoms with Crippen molar-refractivity contribution in [2.24, 2.45) is 23.5 Å². The molecule has 6 heteroatoms. The summed E-state index contributed by atoms with van der Waals surface area (Å²) in [5.41, 5.74) is 13.7. The van der Waals surface area contributed by atoms with Gasteiger partial charge in [-0.1, -0.05) is 130 Å². The molecule has 6 nitrogen and oxygen atoms in total. The van der Waals surface area contributed by atoms with E-state index in [1.165, 1.54) is 5.56 Å². The molecule has 0 aromatic heterocycles. The van der Waals surface area contributed by atoms with Crippen molar-refractivity contribution in [3.05, 3.63) is 114 Å². The van der Waals surface area contributed by atoms with Crippen molar-refractivity contribution in [3.8, 4) is 22.3 Å². The number of carbonyl (C=O) groups is 3. The van der Waals surface area contributed by atoms with E-state index in [2.05, 4.69) is 48.6 Å². The van der Waals surface area contributed by atoms with Gasteiger partial charge in [-0.2, -0.15) is 0 Å². The van der Waals surface area contributed by atoms with E-state index < -0.39 is 23.8 Å². The van der Waals surface area contributed by atoms with Gasteiger partial charge >= 0.3 is 0 Å². The molecule has 0 radical (unpaired) electrons. The number of carbonyl (C=O) groups excluding carboxylic acids is 3. The number of aryl methyl sites for hydroxylation is 1. The van der Waals surface area contributed by atoms with Crippen molar-refractivity contribution in [3.63, 3.8) is 0 Å². The Morgan fingerprint density at radius 3 is 2.28 bits per heavy atom. The van der Waals surface area contributed by atoms with Gasteiger partial charge in [0.15, 0.2) is 0 Å². The highest BCUT2D eigenvalue weighted by atomic mass is 16.2. The average molecular weight is 628 g/mol. The number of hydrogen-bond donors (Lipinski definition) is 2. The molecule has 1 aliphatic heterocycles. The number of nitrogens with zero attached hydrogens (tertiary/aromatic N) is 1. The van der Waals surface area contributed by atoms with E-state index in [1.807, 2.05) is 67.6 Å². The van der Waals surface area contributed by atoms with Gasteiger partial charge in [-0.05, 0) is 65.6 Å². The number of hydrogen-bond acceptors (Lipinski definition) is 3. The Labute approximate surface area is 278 Å². The predicted octanol–water partition coefficient (Wildman–Crippen LogP) is 8.13. The molecule has 1 aliphatic carbocycles. The van der Waals surface area contributed by atoms with Crippen LogP contribution in [0.15, 0.2) is 97.1 Å². The van der Waals surface area contributed by atoms with Crippen LogP contribution in [-0.2, 0) is 20.9 Å². The molecule has 1 fully saturated rings. The third-order valence-electron chi connectivity index (χ3n) is 10.1. The monoisotopic (exact) mass is 627 g/mol. The lowest BCUT2D eigenvalue weighted by molar-refractivity contribution is -0.136. The highest BCUT2D eigenvalue weighted by Crippen LogP contribution is 2.42. The summed E-state index contributed by atoms with van der Waals surface area (Å²) in [7, 11) is 0. The summed E-state index contributed by atoms with van der Waals surface area (Å²) >= 11 is 0. The SMILES string of the molecule is CCCC(C(N)=O)C(CC1CCCC1)C(=O)NC1C(=O)N(Cc2cccc(-c3ccc(C)cc3)c2)c2ccccc2-c2ccccc21. The Kier molecular flexibility index (Phi) is 9.86. The average Bonchev–Trinajstić information content (AvgIpc) is 3.58. The van der Waals surface area contributed by atoms with Gasteiger partial charge in [-0.15, -0.1) is 0 Å². The molecule has 242 valence electrons. The number of para-hydroxylation sites is 1. The topological polar surface area (TPSA) is 92.5 Å². The van der Waals surface area contributed by atoms with Crippen molar-refractivity contribution < 1.29 is 14.4 Å². The van der Waals surface area contributed by atoms with E-state index in [-0.39, 0.29) is 11.8 Å². The smallest absolute Gasteiger partial charge is 0.254 e. The first-order valence-corrected chi connectivity index (χ1v) is 17.1. The maximum Gasteiger partial charge on any atom is 0.254 e. The quantitative estimate of drug-likeness (QED) is 0.176. The largest absolute Gasteiger partial charge is 0.369 e. The second kappa shape index (κ2) is 14.4. The van der Waals surface area contributed by atoms with Gasteiger partial charge in [0.05, 0.1) is 12.2 Å². The molecule has 1 saturated carbocycles. The van der Waals surface area contributed by atoms with Gasteiger partial charge in [0.1, 0.15) is 6.04 Å². The number of primary amides is 1. The van der Waals surface area contributed by atoms with E-state index in [9.17, 15) is 14.4 Å². The van der Waals surface area contributed by atoms with Gasteiger partial charge in [-0.3, -0.25) is 14.4 Å². The van der Waals surface area contributed by atoms with E-state index in [0.29, 0.717) is 25.3 Å². The van der Waals surface area contributed by atoms with E-state index >= 15 is 0 Å². The van der Waals surface area contributed by atoms with Gasteiger partial charge in [0.2, 0.25) is 11.8 Å². The van der Waals surface area contributed by atoms with Crippen molar-refractivity contribution >= 4 is 23.4 Å². The Morgan fingerprint density at radius 2 is 1.55 bits per heavy atom. The zero-order valence-corrected chi connectivity index (χ0v) is 27.5.